The van der Waals surface area contributed by atoms with Crippen molar-refractivity contribution >= 4 is 38.8 Å². The number of rotatable bonds is 7. The van der Waals surface area contributed by atoms with Crippen molar-refractivity contribution in [2.75, 3.05) is 5.32 Å². The predicted molar refractivity (Wildman–Crippen MR) is 116 cm³/mol. The topological polar surface area (TPSA) is 84.2 Å². The first kappa shape index (κ1) is 18.8. The third-order valence-electron chi connectivity index (χ3n) is 4.26. The van der Waals surface area contributed by atoms with Crippen LogP contribution in [0.4, 0.5) is 5.13 Å². The number of thiazole rings is 1. The maximum Gasteiger partial charge on any atom is 0.262 e. The highest BCUT2D eigenvalue weighted by atomic mass is 32.1. The van der Waals surface area contributed by atoms with Gasteiger partial charge >= 0.3 is 0 Å². The molecule has 1 atom stereocenters. The molecule has 4 rings (SSSR count). The summed E-state index contributed by atoms with van der Waals surface area (Å²) in [7, 11) is 0. The van der Waals surface area contributed by atoms with Crippen molar-refractivity contribution in [3.8, 4) is 0 Å². The fraction of sp³-hybridized carbons (Fsp3) is 0.143. The number of para-hydroxylation sites is 1. The molecule has 0 fully saturated rings. The smallest absolute Gasteiger partial charge is 0.262 e. The fourth-order valence-corrected chi connectivity index (χ4v) is 3.71. The van der Waals surface area contributed by atoms with Crippen molar-refractivity contribution < 1.29 is 4.79 Å². The molecule has 1 amide bonds. The molecule has 2 aromatic carbocycles. The van der Waals surface area contributed by atoms with Gasteiger partial charge in [-0.1, -0.05) is 53.8 Å². The van der Waals surface area contributed by atoms with E-state index in [0.717, 1.165) is 15.8 Å². The van der Waals surface area contributed by atoms with E-state index < -0.39 is 6.04 Å². The lowest BCUT2D eigenvalue weighted by Crippen LogP contribution is -2.34. The van der Waals surface area contributed by atoms with E-state index in [9.17, 15) is 4.79 Å². The highest BCUT2D eigenvalue weighted by Gasteiger charge is 2.14. The second kappa shape index (κ2) is 8.66. The van der Waals surface area contributed by atoms with Gasteiger partial charge in [-0.2, -0.15) is 10.2 Å². The molecule has 0 saturated carbocycles. The lowest BCUT2D eigenvalue weighted by Gasteiger charge is -2.10. The third kappa shape index (κ3) is 4.85. The van der Waals surface area contributed by atoms with Crippen LogP contribution in [0.2, 0.25) is 0 Å². The van der Waals surface area contributed by atoms with E-state index >= 15 is 0 Å². The number of amides is 1. The molecule has 8 heteroatoms. The van der Waals surface area contributed by atoms with E-state index in [1.54, 1.807) is 19.3 Å². The summed E-state index contributed by atoms with van der Waals surface area (Å²) in [5, 5.41) is 12.2. The number of anilines is 1. The Labute approximate surface area is 172 Å². The van der Waals surface area contributed by atoms with Crippen LogP contribution in [0.25, 0.3) is 10.2 Å². The van der Waals surface area contributed by atoms with E-state index in [-0.39, 0.29) is 5.91 Å². The van der Waals surface area contributed by atoms with Gasteiger partial charge in [-0.15, -0.1) is 0 Å². The SMILES string of the molecule is C[C@@H](Nc1nc2ccccc2s1)C(=O)N/N=C\c1cnn(Cc2ccccc2)c1. The van der Waals surface area contributed by atoms with Gasteiger partial charge in [0.2, 0.25) is 0 Å². The molecule has 0 spiro atoms. The molecule has 29 heavy (non-hydrogen) atoms. The molecular weight excluding hydrogens is 384 g/mol. The molecule has 2 heterocycles. The van der Waals surface area contributed by atoms with Crippen molar-refractivity contribution in [2.45, 2.75) is 19.5 Å². The molecule has 0 radical (unpaired) electrons. The summed E-state index contributed by atoms with van der Waals surface area (Å²) in [6.45, 7) is 2.46. The summed E-state index contributed by atoms with van der Waals surface area (Å²) in [4.78, 5) is 16.7. The molecule has 0 saturated heterocycles. The first-order chi connectivity index (χ1) is 14.2. The van der Waals surface area contributed by atoms with Gasteiger partial charge < -0.3 is 5.32 Å². The monoisotopic (exact) mass is 404 g/mol. The van der Waals surface area contributed by atoms with Crippen LogP contribution in [-0.2, 0) is 11.3 Å². The van der Waals surface area contributed by atoms with Crippen LogP contribution in [0, 0.1) is 0 Å². The number of aromatic nitrogens is 3. The molecule has 7 nitrogen and oxygen atoms in total. The number of hydrazone groups is 1. The van der Waals surface area contributed by atoms with E-state index in [4.69, 9.17) is 0 Å². The average molecular weight is 404 g/mol. The van der Waals surface area contributed by atoms with Gasteiger partial charge in [0.25, 0.3) is 5.91 Å². The Morgan fingerprint density at radius 1 is 1.21 bits per heavy atom. The van der Waals surface area contributed by atoms with Gasteiger partial charge in [0, 0.05) is 11.8 Å². The Balaban J connectivity index is 1.30. The van der Waals surface area contributed by atoms with Crippen LogP contribution in [-0.4, -0.2) is 32.9 Å². The highest BCUT2D eigenvalue weighted by molar-refractivity contribution is 7.22. The standard InChI is InChI=1S/C21H20N6OS/c1-15(24-21-25-18-9-5-6-10-19(18)29-21)20(28)26-22-11-17-12-23-27(14-17)13-16-7-3-2-4-8-16/h2-12,14-15H,13H2,1H3,(H,24,25)(H,26,28)/b22-11-/t15-/m1/s1. The lowest BCUT2D eigenvalue weighted by atomic mass is 10.2. The van der Waals surface area contributed by atoms with Crippen molar-refractivity contribution in [3.05, 3.63) is 78.1 Å². The van der Waals surface area contributed by atoms with E-state index in [1.807, 2.05) is 53.3 Å². The largest absolute Gasteiger partial charge is 0.350 e. The maximum absolute atomic E-state index is 12.3. The summed E-state index contributed by atoms with van der Waals surface area (Å²) >= 11 is 1.52. The molecule has 2 aromatic heterocycles. The summed E-state index contributed by atoms with van der Waals surface area (Å²) in [5.74, 6) is -0.239. The van der Waals surface area contributed by atoms with Gasteiger partial charge in [0.15, 0.2) is 5.13 Å². The summed E-state index contributed by atoms with van der Waals surface area (Å²) in [6, 6.07) is 17.5. The third-order valence-corrected chi connectivity index (χ3v) is 5.22. The van der Waals surface area contributed by atoms with Gasteiger partial charge in [0.05, 0.1) is 29.2 Å². The molecule has 146 valence electrons. The number of hydrogen-bond acceptors (Lipinski definition) is 6. The number of carbonyl (C=O) groups excluding carboxylic acids is 1. The second-order valence-electron chi connectivity index (χ2n) is 6.54. The molecule has 0 unspecified atom stereocenters. The van der Waals surface area contributed by atoms with Crippen molar-refractivity contribution in [3.63, 3.8) is 0 Å². The lowest BCUT2D eigenvalue weighted by molar-refractivity contribution is -0.121. The van der Waals surface area contributed by atoms with Crippen LogP contribution in [0.15, 0.2) is 72.1 Å². The summed E-state index contributed by atoms with van der Waals surface area (Å²) < 4.78 is 2.91. The summed E-state index contributed by atoms with van der Waals surface area (Å²) in [6.07, 6.45) is 5.17. The Morgan fingerprint density at radius 2 is 2.00 bits per heavy atom. The Bertz CT molecular complexity index is 1100. The molecule has 0 aliphatic carbocycles. The normalized spacial score (nSPS) is 12.3. The molecule has 0 aliphatic heterocycles. The Hall–Kier alpha value is -3.52. The van der Waals surface area contributed by atoms with Crippen LogP contribution in [0.1, 0.15) is 18.1 Å². The average Bonchev–Trinajstić information content (AvgIpc) is 3.34. The van der Waals surface area contributed by atoms with Crippen LogP contribution in [0.3, 0.4) is 0 Å². The van der Waals surface area contributed by atoms with Gasteiger partial charge in [0.1, 0.15) is 6.04 Å². The van der Waals surface area contributed by atoms with Crippen molar-refractivity contribution in [1.29, 1.82) is 0 Å². The van der Waals surface area contributed by atoms with Gasteiger partial charge in [-0.25, -0.2) is 10.4 Å². The van der Waals surface area contributed by atoms with Crippen molar-refractivity contribution in [1.82, 2.24) is 20.2 Å². The number of nitrogens with one attached hydrogen (secondary N) is 2. The van der Waals surface area contributed by atoms with E-state index in [0.29, 0.717) is 11.7 Å². The zero-order chi connectivity index (χ0) is 20.1. The molecule has 0 bridgehead atoms. The predicted octanol–water partition coefficient (Wildman–Crippen LogP) is 3.49. The molecule has 4 aromatic rings. The Morgan fingerprint density at radius 3 is 2.83 bits per heavy atom. The molecular formula is C21H20N6OS. The maximum atomic E-state index is 12.3. The van der Waals surface area contributed by atoms with Gasteiger partial charge in [-0.05, 0) is 24.6 Å². The minimum absolute atomic E-state index is 0.239. The minimum atomic E-state index is -0.464. The number of fused-ring (bicyclic) bond motifs is 1. The zero-order valence-electron chi connectivity index (χ0n) is 15.8. The Kier molecular flexibility index (Phi) is 5.62. The zero-order valence-corrected chi connectivity index (χ0v) is 16.6. The number of benzene rings is 2. The first-order valence-corrected chi connectivity index (χ1v) is 10.0. The molecule has 2 N–H and O–H groups in total. The van der Waals surface area contributed by atoms with Crippen LogP contribution >= 0.6 is 11.3 Å². The first-order valence-electron chi connectivity index (χ1n) is 9.19. The van der Waals surface area contributed by atoms with Gasteiger partial charge in [-0.3, -0.25) is 9.48 Å². The van der Waals surface area contributed by atoms with E-state index in [2.05, 4.69) is 38.1 Å². The van der Waals surface area contributed by atoms with Crippen molar-refractivity contribution in [2.24, 2.45) is 5.10 Å². The number of carbonyl (C=O) groups is 1. The number of hydrogen-bond donors (Lipinski definition) is 2. The molecule has 0 aliphatic rings. The minimum Gasteiger partial charge on any atom is -0.350 e. The van der Waals surface area contributed by atoms with Crippen LogP contribution in [0.5, 0.6) is 0 Å². The second-order valence-corrected chi connectivity index (χ2v) is 7.57. The fourth-order valence-electron chi connectivity index (χ4n) is 2.76. The number of nitrogens with zero attached hydrogens (tertiary/aromatic N) is 4. The van der Waals surface area contributed by atoms with Crippen LogP contribution < -0.4 is 10.7 Å². The van der Waals surface area contributed by atoms with E-state index in [1.165, 1.54) is 16.9 Å². The quantitative estimate of drug-likeness (QED) is 0.365. The highest BCUT2D eigenvalue weighted by Crippen LogP contribution is 2.25. The summed E-state index contributed by atoms with van der Waals surface area (Å²) in [5.41, 5.74) is 5.45.